The first-order chi connectivity index (χ1) is 11.0. The lowest BCUT2D eigenvalue weighted by Crippen LogP contribution is -2.41. The molecule has 0 amide bonds. The molecule has 5 nitrogen and oxygen atoms in total. The van der Waals surface area contributed by atoms with Crippen molar-refractivity contribution in [2.45, 2.75) is 43.7 Å². The summed E-state index contributed by atoms with van der Waals surface area (Å²) in [5.74, 6) is 1.10. The van der Waals surface area contributed by atoms with Crippen molar-refractivity contribution in [1.82, 2.24) is 4.31 Å². The number of furan rings is 1. The Morgan fingerprint density at radius 3 is 2.52 bits per heavy atom. The average Bonchev–Trinajstić information content (AvgIpc) is 3.04. The molecule has 1 aromatic heterocycles. The van der Waals surface area contributed by atoms with Gasteiger partial charge in [-0.3, -0.25) is 0 Å². The molecule has 1 aromatic carbocycles. The molecule has 0 unspecified atom stereocenters. The van der Waals surface area contributed by atoms with Crippen molar-refractivity contribution in [1.29, 1.82) is 0 Å². The lowest BCUT2D eigenvalue weighted by Gasteiger charge is -2.32. The smallest absolute Gasteiger partial charge is 0.243 e. The van der Waals surface area contributed by atoms with Crippen LogP contribution < -0.4 is 0 Å². The third-order valence-electron chi connectivity index (χ3n) is 4.30. The van der Waals surface area contributed by atoms with Gasteiger partial charge in [-0.1, -0.05) is 6.42 Å². The summed E-state index contributed by atoms with van der Waals surface area (Å²) in [6.07, 6.45) is 2.91. The highest BCUT2D eigenvalue weighted by atomic mass is 32.2. The second-order valence-corrected chi connectivity index (χ2v) is 7.80. The van der Waals surface area contributed by atoms with Gasteiger partial charge in [0.15, 0.2) is 0 Å². The zero-order chi connectivity index (χ0) is 16.4. The second-order valence-electron chi connectivity index (χ2n) is 5.91. The van der Waals surface area contributed by atoms with E-state index >= 15 is 0 Å². The van der Waals surface area contributed by atoms with E-state index in [0.29, 0.717) is 23.0 Å². The molecule has 0 radical (unpaired) electrons. The first kappa shape index (κ1) is 16.2. The Morgan fingerprint density at radius 2 is 1.91 bits per heavy atom. The summed E-state index contributed by atoms with van der Waals surface area (Å²) in [5.41, 5.74) is 0.787. The maximum Gasteiger partial charge on any atom is 0.243 e. The molecule has 23 heavy (non-hydrogen) atoms. The summed E-state index contributed by atoms with van der Waals surface area (Å²) in [6.45, 7) is 2.40. The molecule has 2 aromatic rings. The van der Waals surface area contributed by atoms with Gasteiger partial charge in [0.25, 0.3) is 0 Å². The minimum absolute atomic E-state index is 0.0469. The van der Waals surface area contributed by atoms with Gasteiger partial charge in [-0.25, -0.2) is 8.42 Å². The molecule has 1 atom stereocenters. The standard InChI is InChI=1S/C17H21NO4S/c1-13-4-2-3-11-18(13)23(20,21)16-8-5-14(6-9-16)17-10-7-15(12-19)22-17/h5-10,13,19H,2-4,11-12H2,1H3/t13-/m0/s1. The van der Waals surface area contributed by atoms with Crippen LogP contribution in [-0.2, 0) is 16.6 Å². The van der Waals surface area contributed by atoms with Crippen LogP contribution >= 0.6 is 0 Å². The number of hydrogen-bond donors (Lipinski definition) is 1. The predicted molar refractivity (Wildman–Crippen MR) is 87.3 cm³/mol. The predicted octanol–water partition coefficient (Wildman–Crippen LogP) is 3.00. The topological polar surface area (TPSA) is 70.8 Å². The Morgan fingerprint density at radius 1 is 1.17 bits per heavy atom. The number of benzene rings is 1. The minimum Gasteiger partial charge on any atom is -0.459 e. The van der Waals surface area contributed by atoms with E-state index < -0.39 is 10.0 Å². The summed E-state index contributed by atoms with van der Waals surface area (Å²) in [6, 6.07) is 10.2. The zero-order valence-electron chi connectivity index (χ0n) is 13.1. The van der Waals surface area contributed by atoms with Crippen LogP contribution in [0.15, 0.2) is 45.7 Å². The lowest BCUT2D eigenvalue weighted by atomic mass is 10.1. The van der Waals surface area contributed by atoms with Crippen molar-refractivity contribution >= 4 is 10.0 Å². The number of rotatable bonds is 4. The molecular weight excluding hydrogens is 314 g/mol. The molecule has 0 aliphatic carbocycles. The maximum absolute atomic E-state index is 12.8. The van der Waals surface area contributed by atoms with Crippen molar-refractivity contribution in [2.75, 3.05) is 6.54 Å². The molecule has 0 spiro atoms. The fraction of sp³-hybridized carbons (Fsp3) is 0.412. The van der Waals surface area contributed by atoms with Gasteiger partial charge in [0, 0.05) is 18.2 Å². The quantitative estimate of drug-likeness (QED) is 0.932. The van der Waals surface area contributed by atoms with Crippen LogP contribution in [0.2, 0.25) is 0 Å². The van der Waals surface area contributed by atoms with Crippen molar-refractivity contribution in [3.05, 3.63) is 42.2 Å². The lowest BCUT2D eigenvalue weighted by molar-refractivity contribution is 0.248. The molecule has 6 heteroatoms. The highest BCUT2D eigenvalue weighted by Gasteiger charge is 2.30. The fourth-order valence-electron chi connectivity index (χ4n) is 2.97. The number of piperidine rings is 1. The van der Waals surface area contributed by atoms with Gasteiger partial charge in [0.05, 0.1) is 4.90 Å². The van der Waals surface area contributed by atoms with Crippen LogP contribution in [0.1, 0.15) is 31.9 Å². The van der Waals surface area contributed by atoms with Crippen LogP contribution in [0.25, 0.3) is 11.3 Å². The van der Waals surface area contributed by atoms with Gasteiger partial charge in [0.1, 0.15) is 18.1 Å². The first-order valence-electron chi connectivity index (χ1n) is 7.84. The normalized spacial score (nSPS) is 19.8. The van der Waals surface area contributed by atoms with E-state index in [9.17, 15) is 8.42 Å². The number of aliphatic hydroxyl groups excluding tert-OH is 1. The fourth-order valence-corrected chi connectivity index (χ4v) is 4.67. The Kier molecular flexibility index (Phi) is 4.57. The van der Waals surface area contributed by atoms with E-state index in [1.165, 1.54) is 0 Å². The molecule has 1 fully saturated rings. The molecule has 1 aliphatic heterocycles. The summed E-state index contributed by atoms with van der Waals surface area (Å²) in [5, 5.41) is 9.04. The number of sulfonamides is 1. The molecule has 124 valence electrons. The largest absolute Gasteiger partial charge is 0.459 e. The molecule has 1 saturated heterocycles. The Labute approximate surface area is 136 Å². The van der Waals surface area contributed by atoms with Crippen LogP contribution in [0.5, 0.6) is 0 Å². The van der Waals surface area contributed by atoms with Crippen molar-refractivity contribution < 1.29 is 17.9 Å². The third-order valence-corrected chi connectivity index (χ3v) is 6.33. The number of aliphatic hydroxyl groups is 1. The van der Waals surface area contributed by atoms with Crippen molar-refractivity contribution in [3.63, 3.8) is 0 Å². The highest BCUT2D eigenvalue weighted by molar-refractivity contribution is 7.89. The average molecular weight is 335 g/mol. The van der Waals surface area contributed by atoms with E-state index in [4.69, 9.17) is 9.52 Å². The van der Waals surface area contributed by atoms with Crippen LogP contribution in [0, 0.1) is 0 Å². The van der Waals surface area contributed by atoms with E-state index in [0.717, 1.165) is 24.8 Å². The second kappa shape index (κ2) is 6.47. The Hall–Kier alpha value is -1.63. The molecular formula is C17H21NO4S. The van der Waals surface area contributed by atoms with Gasteiger partial charge in [-0.15, -0.1) is 0 Å². The van der Waals surface area contributed by atoms with Crippen LogP contribution in [0.4, 0.5) is 0 Å². The minimum atomic E-state index is -3.45. The summed E-state index contributed by atoms with van der Waals surface area (Å²) in [4.78, 5) is 0.309. The molecule has 1 aliphatic rings. The summed E-state index contributed by atoms with van der Waals surface area (Å²) < 4.78 is 32.6. The van der Waals surface area contributed by atoms with Gasteiger partial charge in [0.2, 0.25) is 10.0 Å². The van der Waals surface area contributed by atoms with Crippen molar-refractivity contribution in [3.8, 4) is 11.3 Å². The van der Waals surface area contributed by atoms with E-state index in [2.05, 4.69) is 0 Å². The third kappa shape index (κ3) is 3.20. The van der Waals surface area contributed by atoms with Gasteiger partial charge in [-0.05, 0) is 56.2 Å². The molecule has 1 N–H and O–H groups in total. The number of hydrogen-bond acceptors (Lipinski definition) is 4. The SMILES string of the molecule is C[C@H]1CCCCN1S(=O)(=O)c1ccc(-c2ccc(CO)o2)cc1. The maximum atomic E-state index is 12.8. The Bertz CT molecular complexity index is 764. The first-order valence-corrected chi connectivity index (χ1v) is 9.28. The monoisotopic (exact) mass is 335 g/mol. The van der Waals surface area contributed by atoms with Gasteiger partial charge < -0.3 is 9.52 Å². The van der Waals surface area contributed by atoms with Crippen LogP contribution in [-0.4, -0.2) is 30.4 Å². The number of nitrogens with zero attached hydrogens (tertiary/aromatic N) is 1. The van der Waals surface area contributed by atoms with Gasteiger partial charge in [-0.2, -0.15) is 4.31 Å². The highest BCUT2D eigenvalue weighted by Crippen LogP contribution is 2.28. The van der Waals surface area contributed by atoms with Crippen molar-refractivity contribution in [2.24, 2.45) is 0 Å². The molecule has 2 heterocycles. The summed E-state index contributed by atoms with van der Waals surface area (Å²) in [7, 11) is -3.45. The molecule has 0 saturated carbocycles. The summed E-state index contributed by atoms with van der Waals surface area (Å²) >= 11 is 0. The van der Waals surface area contributed by atoms with E-state index in [-0.39, 0.29) is 12.6 Å². The molecule has 3 rings (SSSR count). The van der Waals surface area contributed by atoms with E-state index in [1.54, 1.807) is 40.7 Å². The Balaban J connectivity index is 1.86. The molecule has 0 bridgehead atoms. The van der Waals surface area contributed by atoms with Gasteiger partial charge >= 0.3 is 0 Å². The zero-order valence-corrected chi connectivity index (χ0v) is 13.9. The van der Waals surface area contributed by atoms with E-state index in [1.807, 2.05) is 6.92 Å². The van der Waals surface area contributed by atoms with Crippen LogP contribution in [0.3, 0.4) is 0 Å².